The van der Waals surface area contributed by atoms with Crippen LogP contribution in [0.4, 0.5) is 47.3 Å². The van der Waals surface area contributed by atoms with E-state index in [1.54, 1.807) is 18.2 Å². The Morgan fingerprint density at radius 1 is 0.560 bits per heavy atom. The number of benzene rings is 6. The molecular formula is C60H56F3N7O14. The van der Waals surface area contributed by atoms with Crippen molar-refractivity contribution in [1.29, 1.82) is 0 Å². The van der Waals surface area contributed by atoms with Crippen LogP contribution in [0, 0.1) is 47.8 Å². The Bertz CT molecular complexity index is 3600. The smallest absolute Gasteiger partial charge is 0.296 e. The first-order valence-electron chi connectivity index (χ1n) is 24.3. The molecule has 1 atom stereocenters. The first-order chi connectivity index (χ1) is 38.9. The number of rotatable bonds is 14. The van der Waals surface area contributed by atoms with Crippen LogP contribution in [0.25, 0.3) is 23.8 Å². The zero-order valence-corrected chi connectivity index (χ0v) is 43.5. The number of fused-ring (bicyclic) bond motifs is 3. The number of halogens is 3. The van der Waals surface area contributed by atoms with Crippen LogP contribution < -0.4 is 21.3 Å². The average Bonchev–Trinajstić information content (AvgIpc) is 1.93. The molecule has 24 heteroatoms. The number of nitrogens with zero attached hydrogens (tertiary/aromatic N) is 3. The minimum absolute atomic E-state index is 0. The number of ketones is 4. The number of nitrogens with one attached hydrogen (secondary N) is 4. The van der Waals surface area contributed by atoms with Crippen molar-refractivity contribution in [2.45, 2.75) is 47.6 Å². The summed E-state index contributed by atoms with van der Waals surface area (Å²) in [6.45, 7) is 7.84. The highest BCUT2D eigenvalue weighted by Gasteiger charge is 2.46. The normalized spacial score (nSPS) is 14.4. The maximum Gasteiger partial charge on any atom is 0.296 e. The standard InChI is InChI=1S/C18H13FN2O5.C18H11FN2O4.C10H9NO3.C8H4FNO2.C4H11N.2CH4/c19-12-4-8-16-15(9-12)18(24,17(23)20-16)10-14(22)7-3-11-1-5-13(6-2-11)21(25)26;19-12-4-8-17-15(9-12)16(18(23)20-17)10-14(22)7-3-11-1-5-13(6-2-11)21(24)25;1-8(12)2-3-9-4-6-10(7-5-9)11(13)14;9-4-1-2-6-5(3-4)7(11)8(12)10-6;1-3-5-4-2;;/h1-9,24H,10H2,(H,20,23);1-10H,(H,20,23);2-7H,1H3;1-3H,(H,10,11,12);5H,3-4H2,1-2H3;2*1H4/b7-3+;7-3+,16-10+;3-2+;;;;. The second-order valence-electron chi connectivity index (χ2n) is 17.3. The van der Waals surface area contributed by atoms with Gasteiger partial charge in [-0.15, -0.1) is 0 Å². The molecule has 3 aliphatic rings. The molecule has 436 valence electrons. The molecule has 0 fully saturated rings. The van der Waals surface area contributed by atoms with Crippen LogP contribution in [0.5, 0.6) is 0 Å². The molecule has 84 heavy (non-hydrogen) atoms. The number of aliphatic hydroxyl groups is 1. The minimum Gasteiger partial charge on any atom is -0.375 e. The van der Waals surface area contributed by atoms with Crippen molar-refractivity contribution in [2.75, 3.05) is 29.0 Å². The Balaban J connectivity index is 0.000000295. The molecule has 0 spiro atoms. The van der Waals surface area contributed by atoms with Gasteiger partial charge in [0, 0.05) is 58.9 Å². The van der Waals surface area contributed by atoms with Gasteiger partial charge in [-0.05, 0) is 152 Å². The van der Waals surface area contributed by atoms with Gasteiger partial charge in [-0.25, -0.2) is 13.2 Å². The highest BCUT2D eigenvalue weighted by molar-refractivity contribution is 6.51. The van der Waals surface area contributed by atoms with Crippen molar-refractivity contribution >= 4 is 98.8 Å². The lowest BCUT2D eigenvalue weighted by Gasteiger charge is -2.19. The lowest BCUT2D eigenvalue weighted by Crippen LogP contribution is -2.36. The topological polar surface area (TPSA) is 317 Å². The van der Waals surface area contributed by atoms with Crippen molar-refractivity contribution in [3.8, 4) is 0 Å². The molecule has 0 aromatic heterocycles. The van der Waals surface area contributed by atoms with Crippen LogP contribution in [-0.2, 0) is 34.4 Å². The van der Waals surface area contributed by atoms with E-state index in [1.807, 2.05) is 0 Å². The maximum absolute atomic E-state index is 13.4. The number of hydrogen-bond acceptors (Lipinski definition) is 15. The fourth-order valence-corrected chi connectivity index (χ4v) is 7.36. The molecular weight excluding hydrogens is 1100 g/mol. The molecule has 0 bridgehead atoms. The lowest BCUT2D eigenvalue weighted by molar-refractivity contribution is -0.385. The van der Waals surface area contributed by atoms with Crippen molar-refractivity contribution in [1.82, 2.24) is 5.32 Å². The summed E-state index contributed by atoms with van der Waals surface area (Å²) in [5.41, 5.74) is 1.32. The highest BCUT2D eigenvalue weighted by atomic mass is 19.1. The molecule has 0 radical (unpaired) electrons. The molecule has 1 unspecified atom stereocenters. The predicted molar refractivity (Wildman–Crippen MR) is 311 cm³/mol. The molecule has 5 N–H and O–H groups in total. The summed E-state index contributed by atoms with van der Waals surface area (Å²) < 4.78 is 39.3. The average molecular weight is 1160 g/mol. The van der Waals surface area contributed by atoms with Gasteiger partial charge in [0.1, 0.15) is 17.5 Å². The fourth-order valence-electron chi connectivity index (χ4n) is 7.36. The van der Waals surface area contributed by atoms with Gasteiger partial charge < -0.3 is 26.4 Å². The van der Waals surface area contributed by atoms with E-state index >= 15 is 0 Å². The second-order valence-corrected chi connectivity index (χ2v) is 17.3. The van der Waals surface area contributed by atoms with Gasteiger partial charge in [-0.1, -0.05) is 46.9 Å². The molecule has 3 heterocycles. The summed E-state index contributed by atoms with van der Waals surface area (Å²) in [7, 11) is 0. The van der Waals surface area contributed by atoms with Gasteiger partial charge in [0.25, 0.3) is 40.6 Å². The van der Waals surface area contributed by atoms with Gasteiger partial charge in [-0.3, -0.25) is 63.9 Å². The monoisotopic (exact) mass is 1160 g/mol. The van der Waals surface area contributed by atoms with E-state index in [-0.39, 0.29) is 60.1 Å². The largest absolute Gasteiger partial charge is 0.375 e. The number of non-ortho nitro benzene ring substituents is 3. The number of hydrogen-bond donors (Lipinski definition) is 5. The number of carbonyl (C=O) groups is 7. The third-order valence-corrected chi connectivity index (χ3v) is 11.4. The minimum atomic E-state index is -2.14. The summed E-state index contributed by atoms with van der Waals surface area (Å²) in [5.74, 6) is -5.36. The van der Waals surface area contributed by atoms with Gasteiger partial charge in [0.05, 0.1) is 38.0 Å². The quantitative estimate of drug-likeness (QED) is 0.0293. The van der Waals surface area contributed by atoms with Crippen LogP contribution in [0.15, 0.2) is 152 Å². The van der Waals surface area contributed by atoms with Crippen LogP contribution in [0.3, 0.4) is 0 Å². The molecule has 6 aromatic carbocycles. The van der Waals surface area contributed by atoms with Crippen molar-refractivity contribution in [3.63, 3.8) is 0 Å². The van der Waals surface area contributed by atoms with Gasteiger partial charge in [-0.2, -0.15) is 0 Å². The third-order valence-electron chi connectivity index (χ3n) is 11.4. The molecule has 0 saturated carbocycles. The first kappa shape index (κ1) is 67.6. The third kappa shape index (κ3) is 19.0. The van der Waals surface area contributed by atoms with E-state index in [4.69, 9.17) is 0 Å². The molecule has 0 aliphatic carbocycles. The number of Topliss-reactive ketones (excluding diaryl/α,β-unsaturated/α-hetero) is 1. The Morgan fingerprint density at radius 3 is 1.40 bits per heavy atom. The van der Waals surface area contributed by atoms with Crippen molar-refractivity contribution < 1.29 is 66.6 Å². The number of anilines is 3. The van der Waals surface area contributed by atoms with E-state index in [0.29, 0.717) is 28.1 Å². The Kier molecular flexibility index (Phi) is 25.2. The number of carbonyl (C=O) groups excluding carboxylic acids is 7. The van der Waals surface area contributed by atoms with Crippen molar-refractivity contribution in [3.05, 3.63) is 233 Å². The lowest BCUT2D eigenvalue weighted by atomic mass is 9.89. The van der Waals surface area contributed by atoms with Crippen LogP contribution in [0.2, 0.25) is 0 Å². The molecule has 3 aliphatic heterocycles. The molecule has 3 amide bonds. The second kappa shape index (κ2) is 31.3. The van der Waals surface area contributed by atoms with Gasteiger partial charge in [0.15, 0.2) is 23.0 Å². The summed E-state index contributed by atoms with van der Waals surface area (Å²) in [6, 6.07) is 28.1. The van der Waals surface area contributed by atoms with E-state index in [2.05, 4.69) is 35.1 Å². The zero-order valence-electron chi connectivity index (χ0n) is 43.5. The highest BCUT2D eigenvalue weighted by Crippen LogP contribution is 2.39. The van der Waals surface area contributed by atoms with Crippen LogP contribution in [-0.4, -0.2) is 73.8 Å². The predicted octanol–water partition coefficient (Wildman–Crippen LogP) is 10.9. The Morgan fingerprint density at radius 2 is 0.964 bits per heavy atom. The van der Waals surface area contributed by atoms with E-state index < -0.39 is 79.3 Å². The molecule has 21 nitrogen and oxygen atoms in total. The summed E-state index contributed by atoms with van der Waals surface area (Å²) in [5, 5.41) is 52.5. The number of nitro benzene ring substituents is 3. The molecule has 0 saturated heterocycles. The van der Waals surface area contributed by atoms with E-state index in [0.717, 1.165) is 49.0 Å². The van der Waals surface area contributed by atoms with Gasteiger partial charge >= 0.3 is 0 Å². The van der Waals surface area contributed by atoms with Crippen LogP contribution in [0.1, 0.15) is 80.2 Å². The first-order valence-corrected chi connectivity index (χ1v) is 24.3. The fraction of sp³-hybridized carbons (Fsp3) is 0.150. The van der Waals surface area contributed by atoms with Crippen LogP contribution >= 0.6 is 0 Å². The van der Waals surface area contributed by atoms with Crippen molar-refractivity contribution in [2.24, 2.45) is 0 Å². The summed E-state index contributed by atoms with van der Waals surface area (Å²) in [6.07, 6.45) is 8.88. The molecule has 9 rings (SSSR count). The van der Waals surface area contributed by atoms with Gasteiger partial charge in [0.2, 0.25) is 0 Å². The number of nitro groups is 3. The van der Waals surface area contributed by atoms with E-state index in [9.17, 15) is 82.2 Å². The Hall–Kier alpha value is -10.7. The SMILES string of the molecule is C.C.CC(=O)/C=C/c1ccc([N+](=O)[O-])cc1.CCNCC.O=C(/C=C/c1ccc([N+](=O)[O-])cc1)/C=C1/C(=O)Nc2ccc(F)cc21.O=C(/C=C/c1ccc([N+](=O)[O-])cc1)CC1(O)C(=O)Nc2ccc(F)cc21.O=C1Nc2ccc(F)cc2C1=O. The number of allylic oxidation sites excluding steroid dienone is 4. The molecule has 6 aromatic rings. The zero-order chi connectivity index (χ0) is 60.3. The van der Waals surface area contributed by atoms with E-state index in [1.165, 1.54) is 128 Å². The Labute approximate surface area is 478 Å². The maximum atomic E-state index is 13.4. The summed E-state index contributed by atoms with van der Waals surface area (Å²) in [4.78, 5) is 110. The number of amides is 3. The summed E-state index contributed by atoms with van der Waals surface area (Å²) >= 11 is 0.